The SMILES string of the molecule is Cc1cccc(C(=O)N2CCC(F)(F)[C@H]2CNc2ccc(C(F)(F)F)cn2)c1-n1nccn1. The molecule has 0 radical (unpaired) electrons. The van der Waals surface area contributed by atoms with Gasteiger partial charge >= 0.3 is 6.18 Å². The molecule has 2 aromatic heterocycles. The Hall–Kier alpha value is -3.57. The minimum Gasteiger partial charge on any atom is -0.368 e. The number of aryl methyl sites for hydroxylation is 1. The minimum absolute atomic E-state index is 0.00455. The van der Waals surface area contributed by atoms with Gasteiger partial charge in [-0.15, -0.1) is 0 Å². The second-order valence-electron chi connectivity index (χ2n) is 7.63. The highest BCUT2D eigenvalue weighted by Crippen LogP contribution is 2.36. The summed E-state index contributed by atoms with van der Waals surface area (Å²) in [5, 5.41) is 10.7. The second kappa shape index (κ2) is 8.41. The van der Waals surface area contributed by atoms with E-state index >= 15 is 0 Å². The molecule has 1 aromatic carbocycles. The third-order valence-corrected chi connectivity index (χ3v) is 5.46. The lowest BCUT2D eigenvalue weighted by Gasteiger charge is -2.29. The molecular weight excluding hydrogens is 447 g/mol. The molecule has 0 unspecified atom stereocenters. The number of hydrogen-bond donors (Lipinski definition) is 1. The van der Waals surface area contributed by atoms with Gasteiger partial charge in [-0.3, -0.25) is 4.79 Å². The van der Waals surface area contributed by atoms with E-state index in [1.54, 1.807) is 19.1 Å². The molecule has 3 aromatic rings. The van der Waals surface area contributed by atoms with Crippen LogP contribution in [0.4, 0.5) is 27.8 Å². The van der Waals surface area contributed by atoms with Gasteiger partial charge in [-0.25, -0.2) is 13.8 Å². The number of aromatic nitrogens is 4. The summed E-state index contributed by atoms with van der Waals surface area (Å²) in [6.45, 7) is 1.18. The van der Waals surface area contributed by atoms with E-state index in [1.165, 1.54) is 23.3 Å². The lowest BCUT2D eigenvalue weighted by atomic mass is 10.1. The number of nitrogens with one attached hydrogen (secondary N) is 1. The van der Waals surface area contributed by atoms with E-state index in [-0.39, 0.29) is 17.9 Å². The molecule has 1 amide bonds. The first-order valence-corrected chi connectivity index (χ1v) is 10.00. The zero-order valence-corrected chi connectivity index (χ0v) is 17.4. The summed E-state index contributed by atoms with van der Waals surface area (Å²) in [5.41, 5.74) is 0.294. The minimum atomic E-state index is -4.55. The predicted molar refractivity (Wildman–Crippen MR) is 108 cm³/mol. The van der Waals surface area contributed by atoms with Crippen LogP contribution in [0.15, 0.2) is 48.9 Å². The third kappa shape index (κ3) is 4.50. The number of anilines is 1. The maximum Gasteiger partial charge on any atom is 0.417 e. The molecule has 0 saturated carbocycles. The van der Waals surface area contributed by atoms with Gasteiger partial charge in [0.25, 0.3) is 11.8 Å². The number of nitrogens with zero attached hydrogens (tertiary/aromatic N) is 5. The van der Waals surface area contributed by atoms with Crippen LogP contribution in [0, 0.1) is 6.92 Å². The largest absolute Gasteiger partial charge is 0.417 e. The molecule has 174 valence electrons. The van der Waals surface area contributed by atoms with E-state index < -0.39 is 42.6 Å². The van der Waals surface area contributed by atoms with Crippen LogP contribution in [0.5, 0.6) is 0 Å². The van der Waals surface area contributed by atoms with E-state index in [1.807, 2.05) is 0 Å². The van der Waals surface area contributed by atoms with Crippen molar-refractivity contribution < 1.29 is 26.7 Å². The van der Waals surface area contributed by atoms with Crippen LogP contribution >= 0.6 is 0 Å². The van der Waals surface area contributed by atoms with Crippen LogP contribution in [0.2, 0.25) is 0 Å². The summed E-state index contributed by atoms with van der Waals surface area (Å²) >= 11 is 0. The molecule has 1 aliphatic rings. The third-order valence-electron chi connectivity index (χ3n) is 5.46. The van der Waals surface area contributed by atoms with Crippen molar-refractivity contribution in [1.82, 2.24) is 24.9 Å². The van der Waals surface area contributed by atoms with Crippen molar-refractivity contribution in [1.29, 1.82) is 0 Å². The first-order valence-electron chi connectivity index (χ1n) is 10.00. The number of benzene rings is 1. The van der Waals surface area contributed by atoms with Crippen molar-refractivity contribution in [3.63, 3.8) is 0 Å². The fourth-order valence-corrected chi connectivity index (χ4v) is 3.77. The highest BCUT2D eigenvalue weighted by molar-refractivity contribution is 5.98. The summed E-state index contributed by atoms with van der Waals surface area (Å²) in [4.78, 5) is 19.3. The van der Waals surface area contributed by atoms with Gasteiger partial charge in [0.15, 0.2) is 0 Å². The van der Waals surface area contributed by atoms with Crippen molar-refractivity contribution in [3.05, 3.63) is 65.6 Å². The maximum atomic E-state index is 14.7. The number of alkyl halides is 5. The number of amides is 1. The van der Waals surface area contributed by atoms with Gasteiger partial charge in [0.1, 0.15) is 17.5 Å². The zero-order valence-electron chi connectivity index (χ0n) is 17.4. The molecule has 4 rings (SSSR count). The number of hydrogen-bond acceptors (Lipinski definition) is 5. The molecule has 1 N–H and O–H groups in total. The molecule has 3 heterocycles. The van der Waals surface area contributed by atoms with Crippen LogP contribution in [0.1, 0.15) is 27.9 Å². The highest BCUT2D eigenvalue weighted by atomic mass is 19.4. The average Bonchev–Trinajstić information content (AvgIpc) is 3.39. The first-order chi connectivity index (χ1) is 15.6. The Kier molecular flexibility index (Phi) is 5.76. The second-order valence-corrected chi connectivity index (χ2v) is 7.63. The molecule has 1 atom stereocenters. The van der Waals surface area contributed by atoms with E-state index in [2.05, 4.69) is 20.5 Å². The number of para-hydroxylation sites is 1. The van der Waals surface area contributed by atoms with Gasteiger partial charge in [-0.1, -0.05) is 12.1 Å². The zero-order chi connectivity index (χ0) is 23.8. The van der Waals surface area contributed by atoms with Crippen molar-refractivity contribution in [2.45, 2.75) is 31.5 Å². The lowest BCUT2D eigenvalue weighted by Crippen LogP contribution is -2.47. The van der Waals surface area contributed by atoms with E-state index in [4.69, 9.17) is 0 Å². The molecule has 12 heteroatoms. The molecule has 0 spiro atoms. The summed E-state index contributed by atoms with van der Waals surface area (Å²) in [7, 11) is 0. The van der Waals surface area contributed by atoms with Crippen LogP contribution in [-0.4, -0.2) is 55.8 Å². The van der Waals surface area contributed by atoms with Crippen molar-refractivity contribution in [3.8, 4) is 5.69 Å². The van der Waals surface area contributed by atoms with Gasteiger partial charge in [-0.2, -0.15) is 28.2 Å². The topological polar surface area (TPSA) is 75.9 Å². The molecule has 1 aliphatic heterocycles. The summed E-state index contributed by atoms with van der Waals surface area (Å²) in [6, 6.07) is 5.26. The fourth-order valence-electron chi connectivity index (χ4n) is 3.77. The van der Waals surface area contributed by atoms with Gasteiger partial charge < -0.3 is 10.2 Å². The first kappa shape index (κ1) is 22.6. The molecule has 1 saturated heterocycles. The van der Waals surface area contributed by atoms with Gasteiger partial charge in [-0.05, 0) is 30.7 Å². The quantitative estimate of drug-likeness (QED) is 0.577. The van der Waals surface area contributed by atoms with E-state index in [0.29, 0.717) is 17.4 Å². The smallest absolute Gasteiger partial charge is 0.368 e. The molecule has 1 fully saturated rings. The lowest BCUT2D eigenvalue weighted by molar-refractivity contribution is -0.137. The standard InChI is InChI=1S/C21H19F5N6O/c1-13-3-2-4-15(18(13)32-29-8-9-30-32)19(33)31-10-7-20(22,23)16(31)12-28-17-6-5-14(11-27-17)21(24,25)26/h2-6,8-9,11,16H,7,10,12H2,1H3,(H,27,28)/t16-/m1/s1. The monoisotopic (exact) mass is 466 g/mol. The number of likely N-dealkylation sites (tertiary alicyclic amines) is 1. The maximum absolute atomic E-state index is 14.7. The van der Waals surface area contributed by atoms with Gasteiger partial charge in [0.2, 0.25) is 0 Å². The molecule has 7 nitrogen and oxygen atoms in total. The van der Waals surface area contributed by atoms with E-state index in [0.717, 1.165) is 17.0 Å². The highest BCUT2D eigenvalue weighted by Gasteiger charge is 2.51. The van der Waals surface area contributed by atoms with Crippen molar-refractivity contribution in [2.75, 3.05) is 18.4 Å². The number of carbonyl (C=O) groups is 1. The Bertz CT molecular complexity index is 1130. The summed E-state index contributed by atoms with van der Waals surface area (Å²) < 4.78 is 67.5. The molecular formula is C21H19F5N6O. The molecule has 33 heavy (non-hydrogen) atoms. The normalized spacial score (nSPS) is 17.9. The summed E-state index contributed by atoms with van der Waals surface area (Å²) in [5.74, 6) is -3.81. The van der Waals surface area contributed by atoms with Crippen LogP contribution in [0.25, 0.3) is 5.69 Å². The molecule has 0 aliphatic carbocycles. The predicted octanol–water partition coefficient (Wildman–Crippen LogP) is 3.95. The Balaban J connectivity index is 1.57. The Morgan fingerprint density at radius 1 is 1.18 bits per heavy atom. The van der Waals surface area contributed by atoms with Crippen molar-refractivity contribution >= 4 is 11.7 Å². The average molecular weight is 466 g/mol. The fraction of sp³-hybridized carbons (Fsp3) is 0.333. The Morgan fingerprint density at radius 3 is 2.55 bits per heavy atom. The van der Waals surface area contributed by atoms with Gasteiger partial charge in [0, 0.05) is 25.7 Å². The van der Waals surface area contributed by atoms with Crippen LogP contribution in [-0.2, 0) is 6.18 Å². The Labute approximate surface area is 185 Å². The van der Waals surface area contributed by atoms with Gasteiger partial charge in [0.05, 0.1) is 23.5 Å². The number of rotatable bonds is 5. The number of carbonyl (C=O) groups excluding carboxylic acids is 1. The Morgan fingerprint density at radius 2 is 1.91 bits per heavy atom. The van der Waals surface area contributed by atoms with Crippen LogP contribution < -0.4 is 5.32 Å². The number of pyridine rings is 1. The summed E-state index contributed by atoms with van der Waals surface area (Å²) in [6.07, 6.45) is -1.59. The van der Waals surface area contributed by atoms with Crippen molar-refractivity contribution in [2.24, 2.45) is 0 Å². The van der Waals surface area contributed by atoms with E-state index in [9.17, 15) is 26.7 Å². The number of halogens is 5. The molecule has 0 bridgehead atoms. The van der Waals surface area contributed by atoms with Crippen LogP contribution in [0.3, 0.4) is 0 Å².